The van der Waals surface area contributed by atoms with Gasteiger partial charge >= 0.3 is 0 Å². The molecule has 1 aliphatic carbocycles. The van der Waals surface area contributed by atoms with Crippen LogP contribution in [0.1, 0.15) is 29.3 Å². The Labute approximate surface area is 165 Å². The topological polar surface area (TPSA) is 74.8 Å². The highest BCUT2D eigenvalue weighted by Crippen LogP contribution is 2.36. The summed E-state index contributed by atoms with van der Waals surface area (Å²) in [6.07, 6.45) is 3.10. The molecule has 140 valence electrons. The molecule has 7 heteroatoms. The van der Waals surface area contributed by atoms with Crippen LogP contribution in [0.3, 0.4) is 0 Å². The average Bonchev–Trinajstić information content (AvgIpc) is 3.03. The summed E-state index contributed by atoms with van der Waals surface area (Å²) in [5.74, 6) is 0.807. The molecule has 2 N–H and O–H groups in total. The zero-order valence-corrected chi connectivity index (χ0v) is 16.7. The number of thiophene rings is 1. The van der Waals surface area contributed by atoms with Crippen LogP contribution in [0.15, 0.2) is 40.3 Å². The van der Waals surface area contributed by atoms with Gasteiger partial charge in [0.05, 0.1) is 11.1 Å². The highest BCUT2D eigenvalue weighted by molar-refractivity contribution is 7.99. The zero-order valence-electron chi connectivity index (χ0n) is 15.1. The highest BCUT2D eigenvalue weighted by Gasteiger charge is 2.23. The summed E-state index contributed by atoms with van der Waals surface area (Å²) in [6, 6.07) is 9.78. The fraction of sp³-hybridized carbons (Fsp3) is 0.350. The first-order chi connectivity index (χ1) is 13.1. The third kappa shape index (κ3) is 4.09. The smallest absolute Gasteiger partial charge is 0.260 e. The molecule has 27 heavy (non-hydrogen) atoms. The summed E-state index contributed by atoms with van der Waals surface area (Å²) in [5.41, 5.74) is 2.15. The van der Waals surface area contributed by atoms with E-state index in [-0.39, 0.29) is 17.2 Å². The number of carbonyl (C=O) groups is 1. The Bertz CT molecular complexity index is 1030. The van der Waals surface area contributed by atoms with E-state index in [1.54, 1.807) is 11.3 Å². The fourth-order valence-corrected chi connectivity index (χ4v) is 5.51. The number of hydrogen-bond donors (Lipinski definition) is 2. The minimum Gasteiger partial charge on any atom is -0.351 e. The number of H-pyrrole nitrogens is 1. The number of fused-ring (bicyclic) bond motifs is 3. The third-order valence-corrected chi connectivity index (χ3v) is 6.84. The van der Waals surface area contributed by atoms with E-state index in [0.29, 0.717) is 17.6 Å². The van der Waals surface area contributed by atoms with Crippen molar-refractivity contribution in [2.45, 2.75) is 37.9 Å². The Morgan fingerprint density at radius 2 is 2.19 bits per heavy atom. The molecule has 1 aliphatic rings. The average molecular weight is 400 g/mol. The van der Waals surface area contributed by atoms with Gasteiger partial charge < -0.3 is 10.3 Å². The Morgan fingerprint density at radius 1 is 1.37 bits per heavy atom. The van der Waals surface area contributed by atoms with E-state index in [2.05, 4.69) is 22.2 Å². The Morgan fingerprint density at radius 3 is 3.00 bits per heavy atom. The van der Waals surface area contributed by atoms with E-state index in [0.717, 1.165) is 35.0 Å². The van der Waals surface area contributed by atoms with Gasteiger partial charge in [-0.3, -0.25) is 9.59 Å². The summed E-state index contributed by atoms with van der Waals surface area (Å²) in [5, 5.41) is 4.15. The third-order valence-electron chi connectivity index (χ3n) is 4.82. The number of amides is 1. The number of nitrogens with one attached hydrogen (secondary N) is 2. The number of aryl methyl sites for hydroxylation is 1. The largest absolute Gasteiger partial charge is 0.351 e. The van der Waals surface area contributed by atoms with Crippen molar-refractivity contribution in [1.82, 2.24) is 15.3 Å². The van der Waals surface area contributed by atoms with Gasteiger partial charge in [0.2, 0.25) is 5.91 Å². The van der Waals surface area contributed by atoms with Crippen LogP contribution in [-0.2, 0) is 24.2 Å². The van der Waals surface area contributed by atoms with Crippen LogP contribution in [0.4, 0.5) is 0 Å². The lowest BCUT2D eigenvalue weighted by molar-refractivity contribution is -0.118. The van der Waals surface area contributed by atoms with E-state index in [4.69, 9.17) is 0 Å². The molecule has 1 atom stereocenters. The maximum atomic E-state index is 12.6. The molecule has 4 rings (SSSR count). The maximum Gasteiger partial charge on any atom is 0.260 e. The van der Waals surface area contributed by atoms with Gasteiger partial charge in [0.1, 0.15) is 4.83 Å². The second kappa shape index (κ2) is 7.86. The lowest BCUT2D eigenvalue weighted by Crippen LogP contribution is -2.24. The predicted octanol–water partition coefficient (Wildman–Crippen LogP) is 3.52. The first-order valence-electron chi connectivity index (χ1n) is 9.08. The van der Waals surface area contributed by atoms with Crippen molar-refractivity contribution in [3.05, 3.63) is 56.7 Å². The monoisotopic (exact) mass is 399 g/mol. The molecule has 5 nitrogen and oxygen atoms in total. The molecular weight excluding hydrogens is 378 g/mol. The summed E-state index contributed by atoms with van der Waals surface area (Å²) in [6.45, 7) is 2.75. The first kappa shape index (κ1) is 18.3. The van der Waals surface area contributed by atoms with Crippen LogP contribution >= 0.6 is 23.1 Å². The second-order valence-corrected chi connectivity index (χ2v) is 9.00. The number of hydrogen-bond acceptors (Lipinski definition) is 5. The van der Waals surface area contributed by atoms with Gasteiger partial charge in [0.15, 0.2) is 5.16 Å². The van der Waals surface area contributed by atoms with Gasteiger partial charge in [-0.1, -0.05) is 49.0 Å². The van der Waals surface area contributed by atoms with Crippen LogP contribution in [0, 0.1) is 5.92 Å². The van der Waals surface area contributed by atoms with Crippen LogP contribution in [0.2, 0.25) is 0 Å². The summed E-state index contributed by atoms with van der Waals surface area (Å²) in [4.78, 5) is 34.2. The number of nitrogens with zero attached hydrogens (tertiary/aromatic N) is 1. The van der Waals surface area contributed by atoms with Crippen LogP contribution < -0.4 is 10.9 Å². The molecule has 0 spiro atoms. The van der Waals surface area contributed by atoms with Gasteiger partial charge in [0.25, 0.3) is 5.56 Å². The molecule has 0 fully saturated rings. The van der Waals surface area contributed by atoms with Crippen molar-refractivity contribution < 1.29 is 4.79 Å². The Hall–Kier alpha value is -2.12. The number of rotatable bonds is 5. The van der Waals surface area contributed by atoms with E-state index >= 15 is 0 Å². The molecule has 0 bridgehead atoms. The second-order valence-electron chi connectivity index (χ2n) is 6.95. The molecule has 1 amide bonds. The van der Waals surface area contributed by atoms with Crippen LogP contribution in [0.5, 0.6) is 0 Å². The van der Waals surface area contributed by atoms with Gasteiger partial charge in [0, 0.05) is 11.4 Å². The minimum atomic E-state index is -0.0840. The zero-order chi connectivity index (χ0) is 18.8. The van der Waals surface area contributed by atoms with Crippen molar-refractivity contribution in [3.8, 4) is 0 Å². The van der Waals surface area contributed by atoms with E-state index in [1.807, 2.05) is 30.3 Å². The predicted molar refractivity (Wildman–Crippen MR) is 110 cm³/mol. The molecule has 1 aromatic carbocycles. The molecule has 0 saturated heterocycles. The molecule has 3 aromatic rings. The maximum absolute atomic E-state index is 12.6. The van der Waals surface area contributed by atoms with Crippen molar-refractivity contribution >= 4 is 39.2 Å². The Balaban J connectivity index is 1.43. The van der Waals surface area contributed by atoms with Crippen molar-refractivity contribution in [1.29, 1.82) is 0 Å². The molecule has 0 radical (unpaired) electrons. The van der Waals surface area contributed by atoms with Gasteiger partial charge in [-0.2, -0.15) is 0 Å². The van der Waals surface area contributed by atoms with Crippen molar-refractivity contribution in [2.24, 2.45) is 5.92 Å². The number of thioether (sulfide) groups is 1. The lowest BCUT2D eigenvalue weighted by Gasteiger charge is -2.17. The standard InChI is InChI=1S/C20H21N3O2S2/c1-12-7-8-14-15(9-12)27-19-17(14)18(25)22-20(23-19)26-11-16(24)21-10-13-5-3-2-4-6-13/h2-6,12H,7-11H2,1H3,(H,21,24)(H,22,23,25)/t12-/m1/s1. The van der Waals surface area contributed by atoms with Gasteiger partial charge in [-0.25, -0.2) is 4.98 Å². The summed E-state index contributed by atoms with van der Waals surface area (Å²) < 4.78 is 0. The molecule has 2 aromatic heterocycles. The number of benzene rings is 1. The van der Waals surface area contributed by atoms with E-state index < -0.39 is 0 Å². The fourth-order valence-electron chi connectivity index (χ4n) is 3.38. The SMILES string of the molecule is C[C@@H]1CCc2c(sc3nc(SCC(=O)NCc4ccccc4)[nH]c(=O)c23)C1. The van der Waals surface area contributed by atoms with Gasteiger partial charge in [-0.05, 0) is 36.3 Å². The van der Waals surface area contributed by atoms with E-state index in [1.165, 1.54) is 22.2 Å². The quantitative estimate of drug-likeness (QED) is 0.508. The first-order valence-corrected chi connectivity index (χ1v) is 10.9. The molecule has 0 unspecified atom stereocenters. The van der Waals surface area contributed by atoms with Crippen LogP contribution in [-0.4, -0.2) is 21.6 Å². The molecule has 2 heterocycles. The van der Waals surface area contributed by atoms with Crippen molar-refractivity contribution in [2.75, 3.05) is 5.75 Å². The molecular formula is C20H21N3O2S2. The summed E-state index contributed by atoms with van der Waals surface area (Å²) >= 11 is 2.90. The number of aromatic nitrogens is 2. The number of carbonyl (C=O) groups excluding carboxylic acids is 1. The normalized spacial score (nSPS) is 16.3. The molecule has 0 saturated carbocycles. The highest BCUT2D eigenvalue weighted by atomic mass is 32.2. The minimum absolute atomic E-state index is 0.0779. The lowest BCUT2D eigenvalue weighted by atomic mass is 9.89. The van der Waals surface area contributed by atoms with Crippen molar-refractivity contribution in [3.63, 3.8) is 0 Å². The molecule has 0 aliphatic heterocycles. The van der Waals surface area contributed by atoms with E-state index in [9.17, 15) is 9.59 Å². The summed E-state index contributed by atoms with van der Waals surface area (Å²) in [7, 11) is 0. The Kier molecular flexibility index (Phi) is 5.31. The van der Waals surface area contributed by atoms with Gasteiger partial charge in [-0.15, -0.1) is 11.3 Å². The van der Waals surface area contributed by atoms with Crippen LogP contribution in [0.25, 0.3) is 10.2 Å². The number of aromatic amines is 1.